The summed E-state index contributed by atoms with van der Waals surface area (Å²) in [5.41, 5.74) is 0.866. The Morgan fingerprint density at radius 2 is 1.20 bits per heavy atom. The van der Waals surface area contributed by atoms with E-state index in [0.29, 0.717) is 0 Å². The van der Waals surface area contributed by atoms with Gasteiger partial charge in [-0.05, 0) is 48.9 Å². The molecule has 0 bridgehead atoms. The summed E-state index contributed by atoms with van der Waals surface area (Å²) in [5.74, 6) is 3.56. The van der Waals surface area contributed by atoms with Gasteiger partial charge in [-0.15, -0.1) is 0 Å². The highest BCUT2D eigenvalue weighted by Crippen LogP contribution is 2.72. The Kier molecular flexibility index (Phi) is 19.2. The van der Waals surface area contributed by atoms with Crippen molar-refractivity contribution in [3.8, 4) is 0 Å². The average molecular weight is 287 g/mol. The van der Waals surface area contributed by atoms with Gasteiger partial charge in [-0.3, -0.25) is 0 Å². The first-order valence-corrected chi connectivity index (χ1v) is 9.72. The summed E-state index contributed by atoms with van der Waals surface area (Å²) < 4.78 is 0. The molecule has 0 nitrogen and oxygen atoms in total. The number of fused-ring (bicyclic) bond motifs is 3. The monoisotopic (exact) mass is 286 g/mol. The lowest BCUT2D eigenvalue weighted by molar-refractivity contribution is 0.0553. The molecular formula is C20H46. The summed E-state index contributed by atoms with van der Waals surface area (Å²) in [7, 11) is 0. The van der Waals surface area contributed by atoms with E-state index in [1.165, 1.54) is 24.2 Å². The topological polar surface area (TPSA) is 0 Å². The van der Waals surface area contributed by atoms with Crippen LogP contribution in [0.1, 0.15) is 108 Å². The second-order valence-electron chi connectivity index (χ2n) is 5.29. The van der Waals surface area contributed by atoms with Crippen molar-refractivity contribution < 1.29 is 0 Å². The van der Waals surface area contributed by atoms with Crippen LogP contribution in [0.25, 0.3) is 0 Å². The highest BCUT2D eigenvalue weighted by molar-refractivity contribution is 5.13. The lowest BCUT2D eigenvalue weighted by Crippen LogP contribution is -2.35. The van der Waals surface area contributed by atoms with E-state index in [1.54, 1.807) is 25.7 Å². The second kappa shape index (κ2) is 15.4. The van der Waals surface area contributed by atoms with E-state index in [-0.39, 0.29) is 0 Å². The highest BCUT2D eigenvalue weighted by atomic mass is 14.7. The lowest BCUT2D eigenvalue weighted by atomic mass is 9.61. The van der Waals surface area contributed by atoms with E-state index in [1.807, 2.05) is 55.4 Å². The minimum atomic E-state index is 0.866. The molecule has 0 heterocycles. The van der Waals surface area contributed by atoms with E-state index < -0.39 is 0 Å². The molecular weight excluding hydrogens is 240 g/mol. The summed E-state index contributed by atoms with van der Waals surface area (Å²) >= 11 is 0. The molecule has 0 aromatic heterocycles. The molecule has 4 unspecified atom stereocenters. The van der Waals surface area contributed by atoms with Gasteiger partial charge < -0.3 is 0 Å². The summed E-state index contributed by atoms with van der Waals surface area (Å²) in [4.78, 5) is 0. The fraction of sp³-hybridized carbons (Fsp3) is 1.00. The normalized spacial score (nSPS) is 32.9. The first-order valence-electron chi connectivity index (χ1n) is 9.72. The van der Waals surface area contributed by atoms with Gasteiger partial charge in [-0.1, -0.05) is 82.6 Å². The van der Waals surface area contributed by atoms with E-state index in [0.717, 1.165) is 5.41 Å². The number of hydrogen-bond donors (Lipinski definition) is 0. The summed E-state index contributed by atoms with van der Waals surface area (Å²) in [5, 5.41) is 0. The van der Waals surface area contributed by atoms with Crippen molar-refractivity contribution >= 4 is 0 Å². The SMILES string of the molecule is CC.CC.CC.CC.CC12CCC1CC1CC12.CCC. The molecule has 0 amide bonds. The lowest BCUT2D eigenvalue weighted by Gasteiger charge is -2.44. The molecule has 3 fully saturated rings. The van der Waals surface area contributed by atoms with Crippen LogP contribution in [0.15, 0.2) is 0 Å². The van der Waals surface area contributed by atoms with Crippen molar-refractivity contribution in [2.75, 3.05) is 0 Å². The number of hydrogen-bond acceptors (Lipinski definition) is 0. The Morgan fingerprint density at radius 3 is 1.35 bits per heavy atom. The summed E-state index contributed by atoms with van der Waals surface area (Å²) in [6, 6.07) is 0. The Labute approximate surface area is 132 Å². The fourth-order valence-electron chi connectivity index (χ4n) is 3.36. The van der Waals surface area contributed by atoms with Crippen molar-refractivity contribution in [1.82, 2.24) is 0 Å². The van der Waals surface area contributed by atoms with Gasteiger partial charge in [0.15, 0.2) is 0 Å². The van der Waals surface area contributed by atoms with Gasteiger partial charge in [0, 0.05) is 0 Å². The third-order valence-electron chi connectivity index (χ3n) is 4.32. The predicted octanol–water partition coefficient (Wildman–Crippen LogP) is 7.96. The van der Waals surface area contributed by atoms with Gasteiger partial charge in [0.2, 0.25) is 0 Å². The molecule has 3 rings (SSSR count). The maximum Gasteiger partial charge on any atom is -0.0266 e. The van der Waals surface area contributed by atoms with Crippen LogP contribution < -0.4 is 0 Å². The van der Waals surface area contributed by atoms with Crippen LogP contribution in [0.4, 0.5) is 0 Å². The molecule has 0 radical (unpaired) electrons. The molecule has 0 aromatic rings. The third kappa shape index (κ3) is 6.64. The molecule has 20 heavy (non-hydrogen) atoms. The maximum absolute atomic E-state index is 2.53. The molecule has 0 spiro atoms. The largest absolute Gasteiger partial charge is 0.0683 e. The molecule has 0 N–H and O–H groups in total. The van der Waals surface area contributed by atoms with Crippen LogP contribution in [-0.4, -0.2) is 0 Å². The van der Waals surface area contributed by atoms with Crippen molar-refractivity contribution in [2.24, 2.45) is 23.2 Å². The summed E-state index contributed by atoms with van der Waals surface area (Å²) in [6.07, 6.45) is 7.55. The maximum atomic E-state index is 2.53. The Bertz CT molecular complexity index is 167. The van der Waals surface area contributed by atoms with Gasteiger partial charge in [0.05, 0.1) is 0 Å². The van der Waals surface area contributed by atoms with Crippen LogP contribution in [0, 0.1) is 23.2 Å². The molecule has 3 saturated carbocycles. The Hall–Kier alpha value is 0. The van der Waals surface area contributed by atoms with E-state index in [4.69, 9.17) is 0 Å². The minimum absolute atomic E-state index is 0.866. The standard InChI is InChI=1S/C9H14.C3H8.4C2H6/c1-9-3-2-7(9)4-6-5-8(6)9;1-3-2;4*1-2/h6-8H,2-5H2,1H3;3H2,1-2H3;4*1-2H3. The molecule has 0 heteroatoms. The van der Waals surface area contributed by atoms with Crippen LogP contribution >= 0.6 is 0 Å². The molecule has 0 aliphatic heterocycles. The van der Waals surface area contributed by atoms with Crippen LogP contribution in [0.3, 0.4) is 0 Å². The Morgan fingerprint density at radius 1 is 0.800 bits per heavy atom. The average Bonchev–Trinajstić information content (AvgIpc) is 3.28. The van der Waals surface area contributed by atoms with E-state index in [9.17, 15) is 0 Å². The first kappa shape index (κ1) is 25.0. The molecule has 4 atom stereocenters. The van der Waals surface area contributed by atoms with Gasteiger partial charge in [-0.2, -0.15) is 0 Å². The van der Waals surface area contributed by atoms with Gasteiger partial charge >= 0.3 is 0 Å². The summed E-state index contributed by atoms with van der Waals surface area (Å²) in [6.45, 7) is 22.8. The quantitative estimate of drug-likeness (QED) is 0.423. The van der Waals surface area contributed by atoms with Crippen molar-refractivity contribution in [2.45, 2.75) is 108 Å². The van der Waals surface area contributed by atoms with Crippen molar-refractivity contribution in [3.05, 3.63) is 0 Å². The van der Waals surface area contributed by atoms with E-state index >= 15 is 0 Å². The van der Waals surface area contributed by atoms with Gasteiger partial charge in [-0.25, -0.2) is 0 Å². The molecule has 3 aliphatic rings. The smallest absolute Gasteiger partial charge is 0.0266 e. The zero-order valence-corrected chi connectivity index (χ0v) is 16.8. The van der Waals surface area contributed by atoms with Crippen LogP contribution in [0.5, 0.6) is 0 Å². The molecule has 126 valence electrons. The zero-order valence-electron chi connectivity index (χ0n) is 16.8. The van der Waals surface area contributed by atoms with Crippen LogP contribution in [-0.2, 0) is 0 Å². The molecule has 0 aromatic carbocycles. The molecule has 3 aliphatic carbocycles. The minimum Gasteiger partial charge on any atom is -0.0683 e. The fourth-order valence-corrected chi connectivity index (χ4v) is 3.36. The van der Waals surface area contributed by atoms with E-state index in [2.05, 4.69) is 20.8 Å². The van der Waals surface area contributed by atoms with Crippen molar-refractivity contribution in [3.63, 3.8) is 0 Å². The van der Waals surface area contributed by atoms with Crippen molar-refractivity contribution in [1.29, 1.82) is 0 Å². The predicted molar refractivity (Wildman–Crippen MR) is 98.4 cm³/mol. The first-order chi connectivity index (χ1) is 9.72. The highest BCUT2D eigenvalue weighted by Gasteiger charge is 2.63. The Balaban J connectivity index is -0.000000228. The van der Waals surface area contributed by atoms with Gasteiger partial charge in [0.25, 0.3) is 0 Å². The number of rotatable bonds is 0. The molecule has 0 saturated heterocycles. The second-order valence-corrected chi connectivity index (χ2v) is 5.29. The van der Waals surface area contributed by atoms with Crippen LogP contribution in [0.2, 0.25) is 0 Å². The zero-order chi connectivity index (χ0) is 16.8. The van der Waals surface area contributed by atoms with Gasteiger partial charge in [0.1, 0.15) is 0 Å². The third-order valence-corrected chi connectivity index (χ3v) is 4.32.